The van der Waals surface area contributed by atoms with Crippen LogP contribution in [-0.4, -0.2) is 14.7 Å². The zero-order valence-corrected chi connectivity index (χ0v) is 12.1. The Labute approximate surface area is 119 Å². The van der Waals surface area contributed by atoms with Gasteiger partial charge < -0.3 is 5.73 Å². The van der Waals surface area contributed by atoms with Crippen molar-refractivity contribution < 1.29 is 17.2 Å². The minimum atomic E-state index is -3.46. The number of hydrogen-bond acceptors (Lipinski definition) is 4. The molecule has 0 bridgehead atoms. The Balaban J connectivity index is 2.45. The van der Waals surface area contributed by atoms with Crippen molar-refractivity contribution in [3.8, 4) is 0 Å². The van der Waals surface area contributed by atoms with Crippen LogP contribution in [0, 0.1) is 11.6 Å². The lowest BCUT2D eigenvalue weighted by molar-refractivity contribution is 0.565. The number of halogens is 2. The van der Waals surface area contributed by atoms with Crippen LogP contribution in [0.4, 0.5) is 14.5 Å². The molecule has 0 saturated heterocycles. The Morgan fingerprint density at radius 3 is 2.40 bits per heavy atom. The first-order valence-electron chi connectivity index (χ1n) is 5.50. The third kappa shape index (κ3) is 3.10. The summed E-state index contributed by atoms with van der Waals surface area (Å²) in [7, 11) is -3.46. The largest absolute Gasteiger partial charge is 0.397 e. The van der Waals surface area contributed by atoms with Gasteiger partial charge in [0.25, 0.3) is 0 Å². The monoisotopic (exact) mass is 315 g/mol. The molecule has 0 radical (unpaired) electrons. The van der Waals surface area contributed by atoms with E-state index in [9.17, 15) is 17.2 Å². The number of benzene rings is 2. The van der Waals surface area contributed by atoms with Crippen molar-refractivity contribution in [3.05, 3.63) is 48.0 Å². The molecule has 0 aliphatic carbocycles. The van der Waals surface area contributed by atoms with Gasteiger partial charge in [-0.25, -0.2) is 17.2 Å². The van der Waals surface area contributed by atoms with Crippen molar-refractivity contribution in [1.82, 2.24) is 0 Å². The molecule has 2 aromatic carbocycles. The molecule has 0 aromatic heterocycles. The van der Waals surface area contributed by atoms with Gasteiger partial charge in [0.2, 0.25) is 0 Å². The molecule has 0 fully saturated rings. The Hall–Kier alpha value is -1.60. The molecule has 2 N–H and O–H groups in total. The zero-order chi connectivity index (χ0) is 14.9. The molecule has 7 heteroatoms. The molecule has 3 nitrogen and oxygen atoms in total. The smallest absolute Gasteiger partial charge is 0.177 e. The van der Waals surface area contributed by atoms with Gasteiger partial charge in [0.15, 0.2) is 9.84 Å². The lowest BCUT2D eigenvalue weighted by atomic mass is 10.3. The molecule has 0 saturated carbocycles. The third-order valence-electron chi connectivity index (χ3n) is 2.54. The van der Waals surface area contributed by atoms with Gasteiger partial charge in [-0.2, -0.15) is 0 Å². The van der Waals surface area contributed by atoms with Crippen molar-refractivity contribution in [1.29, 1.82) is 0 Å². The molecule has 0 atom stereocenters. The Bertz CT molecular complexity index is 761. The van der Waals surface area contributed by atoms with Gasteiger partial charge in [-0.3, -0.25) is 0 Å². The van der Waals surface area contributed by atoms with E-state index < -0.39 is 21.5 Å². The van der Waals surface area contributed by atoms with Crippen LogP contribution in [0.3, 0.4) is 0 Å². The van der Waals surface area contributed by atoms with Gasteiger partial charge in [-0.05, 0) is 24.3 Å². The molecule has 0 spiro atoms. The van der Waals surface area contributed by atoms with Crippen LogP contribution in [0.5, 0.6) is 0 Å². The average molecular weight is 315 g/mol. The number of hydrogen-bond donors (Lipinski definition) is 1. The molecular weight excluding hydrogens is 304 g/mol. The molecule has 106 valence electrons. The summed E-state index contributed by atoms with van der Waals surface area (Å²) in [5.74, 6) is -1.40. The van der Waals surface area contributed by atoms with Crippen LogP contribution in [0.25, 0.3) is 0 Å². The van der Waals surface area contributed by atoms with Gasteiger partial charge in [-0.1, -0.05) is 17.8 Å². The second-order valence-corrected chi connectivity index (χ2v) is 7.18. The number of nitrogen functional groups attached to an aromatic ring is 1. The molecule has 0 unspecified atom stereocenters. The van der Waals surface area contributed by atoms with Crippen LogP contribution in [0.2, 0.25) is 0 Å². The first-order chi connectivity index (χ1) is 9.29. The summed E-state index contributed by atoms with van der Waals surface area (Å²) in [4.78, 5) is 0.562. The van der Waals surface area contributed by atoms with Gasteiger partial charge in [0, 0.05) is 22.1 Å². The number of rotatable bonds is 3. The van der Waals surface area contributed by atoms with Crippen molar-refractivity contribution in [2.24, 2.45) is 0 Å². The molecule has 0 aliphatic heterocycles. The van der Waals surface area contributed by atoms with Gasteiger partial charge >= 0.3 is 0 Å². The van der Waals surface area contributed by atoms with Gasteiger partial charge in [-0.15, -0.1) is 0 Å². The molecular formula is C13H11F2NO2S2. The van der Waals surface area contributed by atoms with Crippen LogP contribution >= 0.6 is 11.8 Å². The summed E-state index contributed by atoms with van der Waals surface area (Å²) in [5.41, 5.74) is 5.86. The summed E-state index contributed by atoms with van der Waals surface area (Å²) in [5, 5.41) is 0. The second kappa shape index (κ2) is 5.41. The number of anilines is 1. The highest BCUT2D eigenvalue weighted by atomic mass is 32.2. The predicted octanol–water partition coefficient (Wildman–Crippen LogP) is 3.10. The van der Waals surface area contributed by atoms with Gasteiger partial charge in [0.1, 0.15) is 11.6 Å². The van der Waals surface area contributed by atoms with Crippen molar-refractivity contribution in [2.75, 3.05) is 12.0 Å². The summed E-state index contributed by atoms with van der Waals surface area (Å²) in [6.45, 7) is 0. The maximum Gasteiger partial charge on any atom is 0.177 e. The fourth-order valence-electron chi connectivity index (χ4n) is 1.61. The van der Waals surface area contributed by atoms with E-state index in [1.165, 1.54) is 18.2 Å². The highest BCUT2D eigenvalue weighted by Gasteiger charge is 2.15. The van der Waals surface area contributed by atoms with Gasteiger partial charge in [0.05, 0.1) is 10.6 Å². The van der Waals surface area contributed by atoms with E-state index in [1.807, 2.05) is 0 Å². The van der Waals surface area contributed by atoms with E-state index in [2.05, 4.69) is 0 Å². The molecule has 2 rings (SSSR count). The summed E-state index contributed by atoms with van der Waals surface area (Å²) >= 11 is 0.949. The Morgan fingerprint density at radius 2 is 1.80 bits per heavy atom. The lowest BCUT2D eigenvalue weighted by Gasteiger charge is -2.09. The van der Waals surface area contributed by atoms with Crippen LogP contribution in [0.1, 0.15) is 0 Å². The maximum atomic E-state index is 13.6. The standard InChI is InChI=1S/C13H11F2NO2S2/c1-20(17,18)12-4-2-3-11(13(12)16)19-10-6-5-8(14)7-9(10)15/h2-7H,16H2,1H3. The highest BCUT2D eigenvalue weighted by Crippen LogP contribution is 2.36. The lowest BCUT2D eigenvalue weighted by Crippen LogP contribution is -2.03. The van der Waals surface area contributed by atoms with E-state index in [-0.39, 0.29) is 15.5 Å². The second-order valence-electron chi connectivity index (χ2n) is 4.12. The van der Waals surface area contributed by atoms with Crippen LogP contribution < -0.4 is 5.73 Å². The summed E-state index contributed by atoms with van der Waals surface area (Å²) in [6, 6.07) is 7.66. The van der Waals surface area contributed by atoms with Crippen molar-refractivity contribution >= 4 is 27.3 Å². The third-order valence-corrected chi connectivity index (χ3v) is 4.82. The van der Waals surface area contributed by atoms with E-state index in [1.54, 1.807) is 6.07 Å². The molecule has 0 amide bonds. The Kier molecular flexibility index (Phi) is 4.01. The summed E-state index contributed by atoms with van der Waals surface area (Å²) < 4.78 is 49.5. The first kappa shape index (κ1) is 14.8. The average Bonchev–Trinajstić information content (AvgIpc) is 2.33. The molecule has 20 heavy (non-hydrogen) atoms. The minimum absolute atomic E-state index is 0.00924. The fraction of sp³-hybridized carbons (Fsp3) is 0.0769. The predicted molar refractivity (Wildman–Crippen MR) is 74.4 cm³/mol. The number of nitrogens with two attached hydrogens (primary N) is 1. The highest BCUT2D eigenvalue weighted by molar-refractivity contribution is 7.99. The van der Waals surface area contributed by atoms with E-state index in [0.717, 1.165) is 30.2 Å². The maximum absolute atomic E-state index is 13.6. The topological polar surface area (TPSA) is 60.2 Å². The van der Waals surface area contributed by atoms with Crippen molar-refractivity contribution in [2.45, 2.75) is 14.7 Å². The Morgan fingerprint density at radius 1 is 1.10 bits per heavy atom. The zero-order valence-electron chi connectivity index (χ0n) is 10.4. The van der Waals surface area contributed by atoms with E-state index in [4.69, 9.17) is 5.73 Å². The van der Waals surface area contributed by atoms with Crippen molar-refractivity contribution in [3.63, 3.8) is 0 Å². The molecule has 0 aliphatic rings. The quantitative estimate of drug-likeness (QED) is 0.884. The number of para-hydroxylation sites is 1. The molecule has 2 aromatic rings. The summed E-state index contributed by atoms with van der Waals surface area (Å²) in [6.07, 6.45) is 1.05. The van der Waals surface area contributed by atoms with E-state index >= 15 is 0 Å². The molecule has 0 heterocycles. The SMILES string of the molecule is CS(=O)(=O)c1cccc(Sc2ccc(F)cc2F)c1N. The minimum Gasteiger partial charge on any atom is -0.397 e. The fourth-order valence-corrected chi connectivity index (χ4v) is 3.41. The van der Waals surface area contributed by atoms with E-state index in [0.29, 0.717) is 4.90 Å². The normalized spacial score (nSPS) is 11.6. The van der Waals surface area contributed by atoms with Crippen LogP contribution in [-0.2, 0) is 9.84 Å². The first-order valence-corrected chi connectivity index (χ1v) is 8.21. The van der Waals surface area contributed by atoms with Crippen LogP contribution in [0.15, 0.2) is 51.1 Å². The number of sulfone groups is 1.